The van der Waals surface area contributed by atoms with Crippen molar-refractivity contribution in [3.05, 3.63) is 54.4 Å². The van der Waals surface area contributed by atoms with Crippen LogP contribution in [0.3, 0.4) is 0 Å². The van der Waals surface area contributed by atoms with E-state index in [1.165, 1.54) is 16.3 Å². The first-order valence-electron chi connectivity index (χ1n) is 6.87. The van der Waals surface area contributed by atoms with Crippen molar-refractivity contribution in [2.45, 2.75) is 20.0 Å². The predicted molar refractivity (Wildman–Crippen MR) is 82.7 cm³/mol. The first-order chi connectivity index (χ1) is 9.75. The zero-order valence-corrected chi connectivity index (χ0v) is 11.6. The molecule has 0 radical (unpaired) electrons. The van der Waals surface area contributed by atoms with Gasteiger partial charge in [-0.1, -0.05) is 30.3 Å². The van der Waals surface area contributed by atoms with Crippen LogP contribution in [0.15, 0.2) is 53.2 Å². The monoisotopic (exact) mass is 264 g/mol. The van der Waals surface area contributed by atoms with Crippen LogP contribution in [0.2, 0.25) is 0 Å². The van der Waals surface area contributed by atoms with Crippen LogP contribution in [0.5, 0.6) is 0 Å². The van der Waals surface area contributed by atoms with Gasteiger partial charge in [0.15, 0.2) is 5.58 Å². The second-order valence-corrected chi connectivity index (χ2v) is 5.27. The summed E-state index contributed by atoms with van der Waals surface area (Å²) >= 11 is 0. The van der Waals surface area contributed by atoms with Crippen molar-refractivity contribution in [2.75, 3.05) is 4.90 Å². The molecule has 0 unspecified atom stereocenters. The molecular formula is C17H16N2O. The molecule has 0 saturated heterocycles. The summed E-state index contributed by atoms with van der Waals surface area (Å²) < 4.78 is 6.12. The van der Waals surface area contributed by atoms with Crippen molar-refractivity contribution in [3.8, 4) is 0 Å². The highest BCUT2D eigenvalue weighted by atomic mass is 16.3. The lowest BCUT2D eigenvalue weighted by Gasteiger charge is -2.24. The first kappa shape index (κ1) is 11.4. The summed E-state index contributed by atoms with van der Waals surface area (Å²) in [6.45, 7) is 4.27. The fourth-order valence-corrected chi connectivity index (χ4v) is 2.93. The summed E-state index contributed by atoms with van der Waals surface area (Å²) in [5.41, 5.74) is 4.27. The van der Waals surface area contributed by atoms with Gasteiger partial charge in [0.1, 0.15) is 11.7 Å². The third kappa shape index (κ3) is 1.46. The number of nitrogens with zero attached hydrogens (tertiary/aromatic N) is 1. The van der Waals surface area contributed by atoms with Gasteiger partial charge < -0.3 is 14.6 Å². The van der Waals surface area contributed by atoms with E-state index in [2.05, 4.69) is 54.5 Å². The van der Waals surface area contributed by atoms with Crippen LogP contribution < -0.4 is 10.2 Å². The lowest BCUT2D eigenvalue weighted by atomic mass is 10.1. The van der Waals surface area contributed by atoms with E-state index in [9.17, 15) is 0 Å². The molecule has 0 amide bonds. The molecule has 3 aromatic rings. The lowest BCUT2D eigenvalue weighted by molar-refractivity contribution is 0.651. The van der Waals surface area contributed by atoms with Gasteiger partial charge in [-0.2, -0.15) is 0 Å². The summed E-state index contributed by atoms with van der Waals surface area (Å²) in [7, 11) is 0. The largest absolute Gasteiger partial charge is 0.454 e. The van der Waals surface area contributed by atoms with E-state index in [1.807, 2.05) is 18.3 Å². The highest BCUT2D eigenvalue weighted by Gasteiger charge is 2.22. The molecule has 2 heterocycles. The number of aryl methyl sites for hydroxylation is 1. The number of fused-ring (bicyclic) bond motifs is 3. The van der Waals surface area contributed by atoms with Gasteiger partial charge in [-0.15, -0.1) is 0 Å². The number of benzene rings is 2. The average molecular weight is 264 g/mol. The number of anilines is 1. The Morgan fingerprint density at radius 3 is 2.75 bits per heavy atom. The lowest BCUT2D eigenvalue weighted by Crippen LogP contribution is -2.32. The molecule has 1 aliphatic rings. The molecule has 100 valence electrons. The van der Waals surface area contributed by atoms with E-state index < -0.39 is 0 Å². The van der Waals surface area contributed by atoms with Crippen molar-refractivity contribution in [3.63, 3.8) is 0 Å². The molecule has 1 N–H and O–H groups in total. The number of hydrogen-bond acceptors (Lipinski definition) is 3. The molecule has 0 saturated carbocycles. The van der Waals surface area contributed by atoms with Crippen LogP contribution in [-0.4, -0.2) is 6.17 Å². The Hall–Kier alpha value is -2.42. The van der Waals surface area contributed by atoms with Crippen molar-refractivity contribution in [1.29, 1.82) is 0 Å². The van der Waals surface area contributed by atoms with Gasteiger partial charge in [0.25, 0.3) is 0 Å². The van der Waals surface area contributed by atoms with Crippen LogP contribution in [0.25, 0.3) is 21.9 Å². The van der Waals surface area contributed by atoms with Crippen molar-refractivity contribution >= 4 is 27.6 Å². The van der Waals surface area contributed by atoms with Crippen molar-refractivity contribution in [1.82, 2.24) is 5.32 Å². The Morgan fingerprint density at radius 1 is 1.10 bits per heavy atom. The summed E-state index contributed by atoms with van der Waals surface area (Å²) in [4.78, 5) is 2.22. The molecule has 4 rings (SSSR count). The summed E-state index contributed by atoms with van der Waals surface area (Å²) in [6.07, 6.45) is 4.29. The third-order valence-corrected chi connectivity index (χ3v) is 3.97. The number of nitrogens with one attached hydrogen (secondary N) is 1. The Bertz CT molecular complexity index is 831. The molecule has 2 aromatic carbocycles. The van der Waals surface area contributed by atoms with Gasteiger partial charge in [0.2, 0.25) is 0 Å². The Labute approximate surface area is 117 Å². The molecule has 0 bridgehead atoms. The maximum Gasteiger partial charge on any atom is 0.159 e. The molecule has 1 atom stereocenters. The number of furan rings is 1. The van der Waals surface area contributed by atoms with Gasteiger partial charge in [-0.25, -0.2) is 0 Å². The summed E-state index contributed by atoms with van der Waals surface area (Å²) in [5, 5.41) is 5.65. The van der Waals surface area contributed by atoms with Crippen LogP contribution in [0.4, 0.5) is 5.69 Å². The molecule has 0 fully saturated rings. The minimum atomic E-state index is 0.243. The molecule has 1 aromatic heterocycles. The van der Waals surface area contributed by atoms with E-state index in [1.54, 1.807) is 0 Å². The van der Waals surface area contributed by atoms with E-state index >= 15 is 0 Å². The first-order valence-corrected chi connectivity index (χ1v) is 6.87. The topological polar surface area (TPSA) is 28.4 Å². The molecule has 1 aliphatic heterocycles. The van der Waals surface area contributed by atoms with Gasteiger partial charge >= 0.3 is 0 Å². The van der Waals surface area contributed by atoms with Gasteiger partial charge in [0, 0.05) is 23.2 Å². The summed E-state index contributed by atoms with van der Waals surface area (Å²) in [5.74, 6) is 0. The maximum atomic E-state index is 6.12. The molecule has 20 heavy (non-hydrogen) atoms. The zero-order valence-electron chi connectivity index (χ0n) is 11.6. The predicted octanol–water partition coefficient (Wildman–Crippen LogP) is 4.12. The van der Waals surface area contributed by atoms with E-state index in [-0.39, 0.29) is 6.17 Å². The SMILES string of the molecule is Cc1ccc2c(oc3ccccc32)c1N1C=CN[C@@H]1C. The minimum Gasteiger partial charge on any atom is -0.454 e. The Morgan fingerprint density at radius 2 is 1.95 bits per heavy atom. The molecule has 0 aliphatic carbocycles. The van der Waals surface area contributed by atoms with E-state index in [0.717, 1.165) is 16.9 Å². The number of hydrogen-bond donors (Lipinski definition) is 1. The molecule has 3 heteroatoms. The Balaban J connectivity index is 2.08. The second kappa shape index (κ2) is 4.04. The summed E-state index contributed by atoms with van der Waals surface area (Å²) in [6, 6.07) is 12.5. The number of rotatable bonds is 1. The van der Waals surface area contributed by atoms with Crippen LogP contribution in [-0.2, 0) is 0 Å². The van der Waals surface area contributed by atoms with Gasteiger partial charge in [-0.3, -0.25) is 0 Å². The van der Waals surface area contributed by atoms with Gasteiger partial charge in [0.05, 0.1) is 5.69 Å². The quantitative estimate of drug-likeness (QED) is 0.716. The van der Waals surface area contributed by atoms with E-state index in [4.69, 9.17) is 4.42 Å². The van der Waals surface area contributed by atoms with Crippen molar-refractivity contribution in [2.24, 2.45) is 0 Å². The highest BCUT2D eigenvalue weighted by molar-refractivity contribution is 6.09. The Kier molecular flexibility index (Phi) is 2.30. The van der Waals surface area contributed by atoms with Gasteiger partial charge in [-0.05, 0) is 25.5 Å². The molecule has 3 nitrogen and oxygen atoms in total. The third-order valence-electron chi connectivity index (χ3n) is 3.97. The second-order valence-electron chi connectivity index (χ2n) is 5.27. The highest BCUT2D eigenvalue weighted by Crippen LogP contribution is 2.38. The van der Waals surface area contributed by atoms with Crippen LogP contribution in [0, 0.1) is 6.92 Å². The average Bonchev–Trinajstić information content (AvgIpc) is 3.02. The van der Waals surface area contributed by atoms with Crippen LogP contribution >= 0.6 is 0 Å². The van der Waals surface area contributed by atoms with E-state index in [0.29, 0.717) is 0 Å². The maximum absolute atomic E-state index is 6.12. The zero-order chi connectivity index (χ0) is 13.7. The fraction of sp³-hybridized carbons (Fsp3) is 0.176. The van der Waals surface area contributed by atoms with Crippen LogP contribution in [0.1, 0.15) is 12.5 Å². The standard InChI is InChI=1S/C17H16N2O/c1-11-7-8-14-13-5-3-4-6-15(13)20-17(14)16(11)19-10-9-18-12(19)2/h3-10,12,18H,1-2H3/t12-/m0/s1. The smallest absolute Gasteiger partial charge is 0.159 e. The number of para-hydroxylation sites is 1. The molecule has 0 spiro atoms. The normalized spacial score (nSPS) is 18.1. The van der Waals surface area contributed by atoms with Crippen molar-refractivity contribution < 1.29 is 4.42 Å². The molecular weight excluding hydrogens is 248 g/mol. The minimum absolute atomic E-state index is 0.243. The fourth-order valence-electron chi connectivity index (χ4n) is 2.93.